The quantitative estimate of drug-likeness (QED) is 0.926. The van der Waals surface area contributed by atoms with E-state index in [0.29, 0.717) is 27.4 Å². The van der Waals surface area contributed by atoms with Crippen LogP contribution in [0, 0.1) is 0 Å². The summed E-state index contributed by atoms with van der Waals surface area (Å²) in [5, 5.41) is 5.14. The number of nitrogens with zero attached hydrogens (tertiary/aromatic N) is 2. The standard InChI is InChI=1S/C13H15Cl2N3O/c1-3-5-9-12(16)13(18(2)17-9)19-10-7-4-6-8(14)11(10)15/h4,6-7H,3,5,16H2,1-2H3. The van der Waals surface area contributed by atoms with Gasteiger partial charge >= 0.3 is 0 Å². The fourth-order valence-electron chi connectivity index (χ4n) is 1.79. The van der Waals surface area contributed by atoms with Crippen molar-refractivity contribution in [1.82, 2.24) is 9.78 Å². The molecule has 2 rings (SSSR count). The lowest BCUT2D eigenvalue weighted by molar-refractivity contribution is 0.432. The number of aryl methyl sites for hydroxylation is 2. The summed E-state index contributed by atoms with van der Waals surface area (Å²) in [5.74, 6) is 0.944. The zero-order chi connectivity index (χ0) is 14.0. The molecule has 102 valence electrons. The van der Waals surface area contributed by atoms with Gasteiger partial charge < -0.3 is 10.5 Å². The molecule has 2 N–H and O–H groups in total. The van der Waals surface area contributed by atoms with E-state index in [-0.39, 0.29) is 0 Å². The summed E-state index contributed by atoms with van der Waals surface area (Å²) >= 11 is 12.0. The van der Waals surface area contributed by atoms with Crippen LogP contribution >= 0.6 is 23.2 Å². The van der Waals surface area contributed by atoms with Crippen LogP contribution in [0.25, 0.3) is 0 Å². The Morgan fingerprint density at radius 2 is 2.11 bits per heavy atom. The number of rotatable bonds is 4. The number of anilines is 1. The van der Waals surface area contributed by atoms with E-state index >= 15 is 0 Å². The van der Waals surface area contributed by atoms with Crippen LogP contribution < -0.4 is 10.5 Å². The maximum atomic E-state index is 6.09. The molecule has 0 aliphatic carbocycles. The molecule has 0 fully saturated rings. The Hall–Kier alpha value is -1.39. The van der Waals surface area contributed by atoms with Crippen molar-refractivity contribution >= 4 is 28.9 Å². The second-order valence-electron chi connectivity index (χ2n) is 4.19. The van der Waals surface area contributed by atoms with Crippen molar-refractivity contribution in [2.75, 3.05) is 5.73 Å². The fraction of sp³-hybridized carbons (Fsp3) is 0.308. The van der Waals surface area contributed by atoms with Crippen LogP contribution in [0.1, 0.15) is 19.0 Å². The van der Waals surface area contributed by atoms with E-state index in [1.165, 1.54) is 0 Å². The van der Waals surface area contributed by atoms with Gasteiger partial charge in [0.05, 0.1) is 10.7 Å². The van der Waals surface area contributed by atoms with Crippen LogP contribution in [0.3, 0.4) is 0 Å². The van der Waals surface area contributed by atoms with Crippen molar-refractivity contribution in [2.24, 2.45) is 7.05 Å². The predicted octanol–water partition coefficient (Wildman–Crippen LogP) is 4.05. The molecule has 1 aromatic carbocycles. The molecule has 0 saturated carbocycles. The maximum absolute atomic E-state index is 6.09. The molecule has 1 aromatic heterocycles. The minimum Gasteiger partial charge on any atom is -0.436 e. The van der Waals surface area contributed by atoms with Crippen molar-refractivity contribution in [2.45, 2.75) is 19.8 Å². The van der Waals surface area contributed by atoms with E-state index < -0.39 is 0 Å². The third-order valence-corrected chi connectivity index (χ3v) is 3.52. The summed E-state index contributed by atoms with van der Waals surface area (Å²) < 4.78 is 7.35. The molecule has 4 nitrogen and oxygen atoms in total. The number of hydrogen-bond acceptors (Lipinski definition) is 3. The lowest BCUT2D eigenvalue weighted by Gasteiger charge is -2.09. The molecular formula is C13H15Cl2N3O. The van der Waals surface area contributed by atoms with Gasteiger partial charge in [0, 0.05) is 7.05 Å². The molecule has 0 aliphatic rings. The molecule has 19 heavy (non-hydrogen) atoms. The largest absolute Gasteiger partial charge is 0.436 e. The van der Waals surface area contributed by atoms with E-state index in [1.807, 2.05) is 0 Å². The summed E-state index contributed by atoms with van der Waals surface area (Å²) in [5.41, 5.74) is 7.42. The highest BCUT2D eigenvalue weighted by atomic mass is 35.5. The molecule has 0 spiro atoms. The first-order valence-electron chi connectivity index (χ1n) is 5.97. The molecule has 6 heteroatoms. The molecular weight excluding hydrogens is 285 g/mol. The lowest BCUT2D eigenvalue weighted by atomic mass is 10.2. The summed E-state index contributed by atoms with van der Waals surface area (Å²) in [6.07, 6.45) is 1.78. The van der Waals surface area contributed by atoms with E-state index in [9.17, 15) is 0 Å². The third kappa shape index (κ3) is 2.80. The second kappa shape index (κ2) is 5.72. The highest BCUT2D eigenvalue weighted by molar-refractivity contribution is 6.42. The van der Waals surface area contributed by atoms with E-state index in [4.69, 9.17) is 33.7 Å². The van der Waals surface area contributed by atoms with Gasteiger partial charge in [0.25, 0.3) is 0 Å². The SMILES string of the molecule is CCCc1nn(C)c(Oc2cccc(Cl)c2Cl)c1N. The van der Waals surface area contributed by atoms with Crippen LogP contribution in [0.2, 0.25) is 10.0 Å². The van der Waals surface area contributed by atoms with Crippen LogP contribution in [-0.4, -0.2) is 9.78 Å². The van der Waals surface area contributed by atoms with Gasteiger partial charge in [-0.05, 0) is 18.6 Å². The molecule has 0 amide bonds. The third-order valence-electron chi connectivity index (χ3n) is 2.72. The first-order chi connectivity index (χ1) is 9.04. The number of ether oxygens (including phenoxy) is 1. The Morgan fingerprint density at radius 3 is 2.79 bits per heavy atom. The number of hydrogen-bond donors (Lipinski definition) is 1. The number of halogens is 2. The van der Waals surface area contributed by atoms with Crippen molar-refractivity contribution in [3.63, 3.8) is 0 Å². The Kier molecular flexibility index (Phi) is 4.22. The van der Waals surface area contributed by atoms with Gasteiger partial charge in [-0.1, -0.05) is 42.6 Å². The zero-order valence-electron chi connectivity index (χ0n) is 10.8. The molecule has 0 radical (unpaired) electrons. The number of nitrogen functional groups attached to an aromatic ring is 1. The van der Waals surface area contributed by atoms with Crippen molar-refractivity contribution in [1.29, 1.82) is 0 Å². The molecule has 0 bridgehead atoms. The highest BCUT2D eigenvalue weighted by Crippen LogP contribution is 2.37. The van der Waals surface area contributed by atoms with Crippen LogP contribution in [0.5, 0.6) is 11.6 Å². The first-order valence-corrected chi connectivity index (χ1v) is 6.73. The Labute approximate surface area is 122 Å². The molecule has 2 aromatic rings. The normalized spacial score (nSPS) is 10.7. The summed E-state index contributed by atoms with van der Waals surface area (Å²) in [7, 11) is 1.78. The van der Waals surface area contributed by atoms with Gasteiger partial charge in [-0.25, -0.2) is 4.68 Å². The van der Waals surface area contributed by atoms with Crippen LogP contribution in [-0.2, 0) is 13.5 Å². The summed E-state index contributed by atoms with van der Waals surface area (Å²) in [6, 6.07) is 5.20. The minimum absolute atomic E-state index is 0.363. The second-order valence-corrected chi connectivity index (χ2v) is 4.98. The number of aromatic nitrogens is 2. The van der Waals surface area contributed by atoms with Gasteiger partial charge in [0.15, 0.2) is 0 Å². The molecule has 0 aliphatic heterocycles. The molecule has 0 atom stereocenters. The minimum atomic E-state index is 0.363. The first kappa shape index (κ1) is 14.0. The van der Waals surface area contributed by atoms with Crippen molar-refractivity contribution < 1.29 is 4.74 Å². The van der Waals surface area contributed by atoms with Gasteiger partial charge in [0.1, 0.15) is 16.5 Å². The predicted molar refractivity (Wildman–Crippen MR) is 78.2 cm³/mol. The number of benzene rings is 1. The van der Waals surface area contributed by atoms with E-state index in [2.05, 4.69) is 12.0 Å². The highest BCUT2D eigenvalue weighted by Gasteiger charge is 2.16. The fourth-order valence-corrected chi connectivity index (χ4v) is 2.12. The van der Waals surface area contributed by atoms with Crippen LogP contribution in [0.15, 0.2) is 18.2 Å². The molecule has 0 unspecified atom stereocenters. The monoisotopic (exact) mass is 299 g/mol. The molecule has 0 saturated heterocycles. The topological polar surface area (TPSA) is 53.1 Å². The lowest BCUT2D eigenvalue weighted by Crippen LogP contribution is -1.97. The smallest absolute Gasteiger partial charge is 0.241 e. The number of nitrogens with two attached hydrogens (primary N) is 1. The average Bonchev–Trinajstić information content (AvgIpc) is 2.63. The summed E-state index contributed by atoms with van der Waals surface area (Å²) in [6.45, 7) is 2.07. The Bertz CT molecular complexity index is 596. The van der Waals surface area contributed by atoms with Crippen molar-refractivity contribution in [3.8, 4) is 11.6 Å². The van der Waals surface area contributed by atoms with Gasteiger partial charge in [0.2, 0.25) is 5.88 Å². The van der Waals surface area contributed by atoms with Gasteiger partial charge in [-0.15, -0.1) is 0 Å². The summed E-state index contributed by atoms with van der Waals surface area (Å²) in [4.78, 5) is 0. The van der Waals surface area contributed by atoms with Gasteiger partial charge in [-0.2, -0.15) is 5.10 Å². The van der Waals surface area contributed by atoms with Crippen molar-refractivity contribution in [3.05, 3.63) is 33.9 Å². The van der Waals surface area contributed by atoms with Gasteiger partial charge in [-0.3, -0.25) is 0 Å². The molecule has 1 heterocycles. The Morgan fingerprint density at radius 1 is 1.37 bits per heavy atom. The average molecular weight is 300 g/mol. The zero-order valence-corrected chi connectivity index (χ0v) is 12.3. The Balaban J connectivity index is 2.36. The van der Waals surface area contributed by atoms with Crippen LogP contribution in [0.4, 0.5) is 5.69 Å². The van der Waals surface area contributed by atoms with E-state index in [1.54, 1.807) is 29.9 Å². The van der Waals surface area contributed by atoms with E-state index in [0.717, 1.165) is 18.5 Å². The maximum Gasteiger partial charge on any atom is 0.241 e.